The van der Waals surface area contributed by atoms with Crippen molar-refractivity contribution in [2.75, 3.05) is 13.2 Å². The third kappa shape index (κ3) is 3.41. The van der Waals surface area contributed by atoms with Crippen molar-refractivity contribution >= 4 is 0 Å². The highest BCUT2D eigenvalue weighted by Crippen LogP contribution is 2.35. The largest absolute Gasteiger partial charge is 0.486 e. The van der Waals surface area contributed by atoms with E-state index in [2.05, 4.69) is 26.0 Å². The first-order valence-corrected chi connectivity index (χ1v) is 7.41. The van der Waals surface area contributed by atoms with Crippen molar-refractivity contribution in [3.63, 3.8) is 0 Å². The predicted molar refractivity (Wildman–Crippen MR) is 77.7 cm³/mol. The van der Waals surface area contributed by atoms with Crippen LogP contribution in [0.15, 0.2) is 18.2 Å². The molecule has 19 heavy (non-hydrogen) atoms. The molecule has 0 bridgehead atoms. The standard InChI is InChI=1S/C16H25NO2/c1-3-5-12(6-4-2)16(17)13-7-8-14-15(11-13)19-10-9-18-14/h7-8,11-12,16H,3-6,9-10,17H2,1-2H3. The van der Waals surface area contributed by atoms with Crippen molar-refractivity contribution in [1.29, 1.82) is 0 Å². The van der Waals surface area contributed by atoms with Crippen LogP contribution in [0.1, 0.15) is 51.1 Å². The van der Waals surface area contributed by atoms with Gasteiger partial charge in [0.1, 0.15) is 13.2 Å². The molecule has 106 valence electrons. The highest BCUT2D eigenvalue weighted by Gasteiger charge is 2.20. The molecule has 1 aliphatic heterocycles. The van der Waals surface area contributed by atoms with Gasteiger partial charge < -0.3 is 15.2 Å². The summed E-state index contributed by atoms with van der Waals surface area (Å²) >= 11 is 0. The molecule has 1 aromatic carbocycles. The molecule has 3 nitrogen and oxygen atoms in total. The van der Waals surface area contributed by atoms with Crippen molar-refractivity contribution < 1.29 is 9.47 Å². The average molecular weight is 263 g/mol. The molecule has 0 saturated carbocycles. The fourth-order valence-electron chi connectivity index (χ4n) is 2.78. The lowest BCUT2D eigenvalue weighted by Crippen LogP contribution is -2.22. The van der Waals surface area contributed by atoms with Gasteiger partial charge in [0.15, 0.2) is 11.5 Å². The zero-order valence-corrected chi connectivity index (χ0v) is 12.0. The Bertz CT molecular complexity index is 400. The number of ether oxygens (including phenoxy) is 2. The summed E-state index contributed by atoms with van der Waals surface area (Å²) in [7, 11) is 0. The van der Waals surface area contributed by atoms with Crippen LogP contribution in [0.5, 0.6) is 11.5 Å². The summed E-state index contributed by atoms with van der Waals surface area (Å²) in [5.74, 6) is 2.23. The van der Waals surface area contributed by atoms with Gasteiger partial charge in [0.05, 0.1) is 0 Å². The fourth-order valence-corrected chi connectivity index (χ4v) is 2.78. The van der Waals surface area contributed by atoms with Crippen LogP contribution < -0.4 is 15.2 Å². The minimum atomic E-state index is 0.0933. The van der Waals surface area contributed by atoms with Gasteiger partial charge >= 0.3 is 0 Å². The van der Waals surface area contributed by atoms with Gasteiger partial charge in [-0.1, -0.05) is 32.8 Å². The molecular formula is C16H25NO2. The lowest BCUT2D eigenvalue weighted by molar-refractivity contribution is 0.171. The highest BCUT2D eigenvalue weighted by atomic mass is 16.6. The van der Waals surface area contributed by atoms with Gasteiger partial charge in [-0.25, -0.2) is 0 Å². The molecule has 3 heteroatoms. The number of nitrogens with two attached hydrogens (primary N) is 1. The van der Waals surface area contributed by atoms with Gasteiger partial charge in [0.2, 0.25) is 0 Å². The second-order valence-electron chi connectivity index (χ2n) is 5.27. The van der Waals surface area contributed by atoms with E-state index in [1.54, 1.807) is 0 Å². The molecular weight excluding hydrogens is 238 g/mol. The Labute approximate surface area is 116 Å². The van der Waals surface area contributed by atoms with Crippen molar-refractivity contribution in [2.24, 2.45) is 11.7 Å². The van der Waals surface area contributed by atoms with E-state index in [9.17, 15) is 0 Å². The Kier molecular flexibility index (Phi) is 5.08. The van der Waals surface area contributed by atoms with Crippen LogP contribution in [-0.2, 0) is 0 Å². The molecule has 0 fully saturated rings. The Morgan fingerprint density at radius 1 is 1.05 bits per heavy atom. The molecule has 0 radical (unpaired) electrons. The van der Waals surface area contributed by atoms with Gasteiger partial charge in [-0.15, -0.1) is 0 Å². The topological polar surface area (TPSA) is 44.5 Å². The molecule has 2 N–H and O–H groups in total. The number of fused-ring (bicyclic) bond motifs is 1. The Balaban J connectivity index is 2.15. The summed E-state index contributed by atoms with van der Waals surface area (Å²) in [5.41, 5.74) is 7.61. The van der Waals surface area contributed by atoms with E-state index < -0.39 is 0 Å². The molecule has 1 atom stereocenters. The number of hydrogen-bond acceptors (Lipinski definition) is 3. The van der Waals surface area contributed by atoms with Crippen molar-refractivity contribution in [3.8, 4) is 11.5 Å². The second-order valence-corrected chi connectivity index (χ2v) is 5.27. The van der Waals surface area contributed by atoms with Crippen LogP contribution in [0.25, 0.3) is 0 Å². The van der Waals surface area contributed by atoms with Gasteiger partial charge in [-0.05, 0) is 36.5 Å². The zero-order valence-electron chi connectivity index (χ0n) is 12.0. The molecule has 1 aliphatic rings. The maximum Gasteiger partial charge on any atom is 0.161 e. The van der Waals surface area contributed by atoms with Crippen LogP contribution in [0, 0.1) is 5.92 Å². The van der Waals surface area contributed by atoms with Crippen molar-refractivity contribution in [2.45, 2.75) is 45.6 Å². The van der Waals surface area contributed by atoms with Gasteiger partial charge in [0.25, 0.3) is 0 Å². The molecule has 1 unspecified atom stereocenters. The number of rotatable bonds is 6. The molecule has 0 aromatic heterocycles. The molecule has 0 saturated heterocycles. The molecule has 1 heterocycles. The summed E-state index contributed by atoms with van der Waals surface area (Å²) in [5, 5.41) is 0. The summed E-state index contributed by atoms with van der Waals surface area (Å²) in [6.07, 6.45) is 4.73. The normalized spacial score (nSPS) is 15.6. The van der Waals surface area contributed by atoms with Crippen LogP contribution in [0.2, 0.25) is 0 Å². The molecule has 0 amide bonds. The lowest BCUT2D eigenvalue weighted by atomic mass is 9.86. The van der Waals surface area contributed by atoms with E-state index in [0.29, 0.717) is 19.1 Å². The van der Waals surface area contributed by atoms with Gasteiger partial charge in [-0.2, -0.15) is 0 Å². The number of hydrogen-bond donors (Lipinski definition) is 1. The zero-order chi connectivity index (χ0) is 13.7. The lowest BCUT2D eigenvalue weighted by Gasteiger charge is -2.25. The molecule has 0 aliphatic carbocycles. The van der Waals surface area contributed by atoms with Crippen LogP contribution in [-0.4, -0.2) is 13.2 Å². The summed E-state index contributed by atoms with van der Waals surface area (Å²) in [6, 6.07) is 6.21. The van der Waals surface area contributed by atoms with Gasteiger partial charge in [-0.3, -0.25) is 0 Å². The summed E-state index contributed by atoms with van der Waals surface area (Å²) < 4.78 is 11.2. The fraction of sp³-hybridized carbons (Fsp3) is 0.625. The quantitative estimate of drug-likeness (QED) is 0.851. The maximum atomic E-state index is 6.45. The molecule has 2 rings (SSSR count). The molecule has 0 spiro atoms. The SMILES string of the molecule is CCCC(CCC)C(N)c1ccc2c(c1)OCCO2. The summed E-state index contributed by atoms with van der Waals surface area (Å²) in [4.78, 5) is 0. The van der Waals surface area contributed by atoms with Crippen LogP contribution in [0.4, 0.5) is 0 Å². The minimum Gasteiger partial charge on any atom is -0.486 e. The maximum absolute atomic E-state index is 6.45. The van der Waals surface area contributed by atoms with E-state index in [1.165, 1.54) is 25.7 Å². The monoisotopic (exact) mass is 263 g/mol. The van der Waals surface area contributed by atoms with E-state index in [0.717, 1.165) is 17.1 Å². The van der Waals surface area contributed by atoms with Crippen molar-refractivity contribution in [3.05, 3.63) is 23.8 Å². The smallest absolute Gasteiger partial charge is 0.161 e. The predicted octanol–water partition coefficient (Wildman–Crippen LogP) is 3.67. The van der Waals surface area contributed by atoms with E-state index in [4.69, 9.17) is 15.2 Å². The third-order valence-corrected chi connectivity index (χ3v) is 3.78. The van der Waals surface area contributed by atoms with Crippen LogP contribution in [0.3, 0.4) is 0 Å². The Morgan fingerprint density at radius 3 is 2.32 bits per heavy atom. The first-order valence-electron chi connectivity index (χ1n) is 7.41. The first kappa shape index (κ1) is 14.2. The Morgan fingerprint density at radius 2 is 1.68 bits per heavy atom. The highest BCUT2D eigenvalue weighted by molar-refractivity contribution is 5.44. The van der Waals surface area contributed by atoms with Crippen molar-refractivity contribution in [1.82, 2.24) is 0 Å². The van der Waals surface area contributed by atoms with Gasteiger partial charge in [0, 0.05) is 6.04 Å². The minimum absolute atomic E-state index is 0.0933. The molecule has 1 aromatic rings. The average Bonchev–Trinajstić information content (AvgIpc) is 2.46. The van der Waals surface area contributed by atoms with Crippen LogP contribution >= 0.6 is 0 Å². The number of benzene rings is 1. The van der Waals surface area contributed by atoms with E-state index >= 15 is 0 Å². The van der Waals surface area contributed by atoms with E-state index in [-0.39, 0.29) is 6.04 Å². The summed E-state index contributed by atoms with van der Waals surface area (Å²) in [6.45, 7) is 5.70. The Hall–Kier alpha value is -1.22. The first-order chi connectivity index (χ1) is 9.26. The van der Waals surface area contributed by atoms with E-state index in [1.807, 2.05) is 6.07 Å². The third-order valence-electron chi connectivity index (χ3n) is 3.78. The second kappa shape index (κ2) is 6.80.